The Bertz CT molecular complexity index is 312. The van der Waals surface area contributed by atoms with Crippen LogP contribution in [-0.4, -0.2) is 16.3 Å². The van der Waals surface area contributed by atoms with Crippen molar-refractivity contribution in [1.29, 1.82) is 0 Å². The fraction of sp³-hybridized carbons (Fsp3) is 0.444. The summed E-state index contributed by atoms with van der Waals surface area (Å²) in [6, 6.07) is 2.07. The molecule has 0 aliphatic rings. The van der Waals surface area contributed by atoms with Crippen molar-refractivity contribution in [1.82, 2.24) is 0 Å². The highest BCUT2D eigenvalue weighted by atomic mass is 79.9. The zero-order valence-corrected chi connectivity index (χ0v) is 10.9. The largest absolute Gasteiger partial charge is 0.481 e. The molecule has 0 saturated heterocycles. The molecule has 1 atom stereocenters. The number of hydrogen-bond acceptors (Lipinski definition) is 3. The van der Waals surface area contributed by atoms with Gasteiger partial charge in [0, 0.05) is 11.0 Å². The summed E-state index contributed by atoms with van der Waals surface area (Å²) in [4.78, 5) is 10.4. The van der Waals surface area contributed by atoms with E-state index in [2.05, 4.69) is 27.4 Å². The topological polar surface area (TPSA) is 37.3 Å². The first kappa shape index (κ1) is 12.1. The molecule has 0 saturated carbocycles. The molecular weight excluding hydrogens is 284 g/mol. The molecule has 2 nitrogen and oxygen atoms in total. The van der Waals surface area contributed by atoms with E-state index in [1.54, 1.807) is 23.1 Å². The van der Waals surface area contributed by atoms with Crippen molar-refractivity contribution in [2.45, 2.75) is 24.3 Å². The van der Waals surface area contributed by atoms with Gasteiger partial charge < -0.3 is 5.11 Å². The van der Waals surface area contributed by atoms with Gasteiger partial charge in [-0.05, 0) is 32.9 Å². The highest BCUT2D eigenvalue weighted by molar-refractivity contribution is 9.11. The summed E-state index contributed by atoms with van der Waals surface area (Å²) in [5.41, 5.74) is 1.25. The second-order valence-corrected chi connectivity index (χ2v) is 6.70. The van der Waals surface area contributed by atoms with Gasteiger partial charge in [0.15, 0.2) is 0 Å². The summed E-state index contributed by atoms with van der Waals surface area (Å²) in [6.45, 7) is 1.94. The minimum atomic E-state index is -0.725. The number of rotatable bonds is 5. The lowest BCUT2D eigenvalue weighted by molar-refractivity contribution is -0.136. The predicted molar refractivity (Wildman–Crippen MR) is 65.0 cm³/mol. The van der Waals surface area contributed by atoms with Crippen molar-refractivity contribution < 1.29 is 9.90 Å². The molecule has 0 aliphatic heterocycles. The molecule has 0 fully saturated rings. The van der Waals surface area contributed by atoms with Gasteiger partial charge in [-0.25, -0.2) is 0 Å². The molecule has 0 aromatic carbocycles. The first-order valence-corrected chi connectivity index (χ1v) is 6.86. The smallest absolute Gasteiger partial charge is 0.304 e. The number of aliphatic carboxylic acids is 1. The van der Waals surface area contributed by atoms with Crippen molar-refractivity contribution >= 4 is 45.0 Å². The van der Waals surface area contributed by atoms with Crippen LogP contribution >= 0.6 is 39.0 Å². The molecule has 0 spiro atoms. The number of carboxylic acid groups (broad SMARTS) is 1. The number of carbonyl (C=O) groups is 1. The van der Waals surface area contributed by atoms with Gasteiger partial charge in [0.05, 0.1) is 10.2 Å². The third kappa shape index (κ3) is 4.48. The zero-order chi connectivity index (χ0) is 10.6. The van der Waals surface area contributed by atoms with Crippen molar-refractivity contribution in [3.63, 3.8) is 0 Å². The van der Waals surface area contributed by atoms with Crippen molar-refractivity contribution in [3.05, 3.63) is 20.8 Å². The van der Waals surface area contributed by atoms with E-state index in [1.807, 2.05) is 6.92 Å². The van der Waals surface area contributed by atoms with Crippen LogP contribution in [0.25, 0.3) is 0 Å². The minimum Gasteiger partial charge on any atom is -0.481 e. The van der Waals surface area contributed by atoms with Crippen molar-refractivity contribution in [2.75, 3.05) is 0 Å². The molecule has 14 heavy (non-hydrogen) atoms. The number of thioether (sulfide) groups is 1. The SMILES string of the molecule is CC(CC(=O)O)SCc1csc(Br)c1. The van der Waals surface area contributed by atoms with Crippen LogP contribution < -0.4 is 0 Å². The van der Waals surface area contributed by atoms with E-state index in [1.165, 1.54) is 5.56 Å². The van der Waals surface area contributed by atoms with Gasteiger partial charge in [0.1, 0.15) is 0 Å². The summed E-state index contributed by atoms with van der Waals surface area (Å²) in [5, 5.41) is 10.8. The van der Waals surface area contributed by atoms with Crippen LogP contribution in [0.2, 0.25) is 0 Å². The molecule has 1 aromatic rings. The molecule has 0 amide bonds. The van der Waals surface area contributed by atoms with Gasteiger partial charge in [0.2, 0.25) is 0 Å². The monoisotopic (exact) mass is 294 g/mol. The fourth-order valence-electron chi connectivity index (χ4n) is 0.965. The first-order valence-electron chi connectivity index (χ1n) is 4.14. The Morgan fingerprint density at radius 2 is 2.50 bits per heavy atom. The van der Waals surface area contributed by atoms with Crippen LogP contribution in [0.1, 0.15) is 18.9 Å². The molecule has 1 rings (SSSR count). The maximum atomic E-state index is 10.4. The van der Waals surface area contributed by atoms with Gasteiger partial charge in [0.25, 0.3) is 0 Å². The van der Waals surface area contributed by atoms with E-state index >= 15 is 0 Å². The lowest BCUT2D eigenvalue weighted by Crippen LogP contribution is -2.05. The lowest BCUT2D eigenvalue weighted by Gasteiger charge is -2.06. The van der Waals surface area contributed by atoms with Crippen molar-refractivity contribution in [2.24, 2.45) is 0 Å². The Morgan fingerprint density at radius 3 is 3.00 bits per heavy atom. The van der Waals surface area contributed by atoms with E-state index in [9.17, 15) is 4.79 Å². The van der Waals surface area contributed by atoms with E-state index < -0.39 is 5.97 Å². The quantitative estimate of drug-likeness (QED) is 0.901. The Kier molecular flexibility index (Phi) is 4.98. The Hall–Kier alpha value is -0.000000000000000111. The first-order chi connectivity index (χ1) is 6.58. The molecule has 1 aromatic heterocycles. The minimum absolute atomic E-state index is 0.172. The Balaban J connectivity index is 2.30. The van der Waals surface area contributed by atoms with E-state index in [-0.39, 0.29) is 11.7 Å². The zero-order valence-electron chi connectivity index (χ0n) is 7.70. The summed E-state index contributed by atoms with van der Waals surface area (Å²) >= 11 is 6.73. The van der Waals surface area contributed by atoms with Gasteiger partial charge in [-0.2, -0.15) is 11.8 Å². The van der Waals surface area contributed by atoms with Crippen LogP contribution in [0.4, 0.5) is 0 Å². The molecular formula is C9H11BrO2S2. The highest BCUT2D eigenvalue weighted by Gasteiger charge is 2.08. The van der Waals surface area contributed by atoms with Crippen LogP contribution in [0.15, 0.2) is 15.2 Å². The molecule has 0 bridgehead atoms. The van der Waals surface area contributed by atoms with Crippen LogP contribution in [-0.2, 0) is 10.5 Å². The third-order valence-electron chi connectivity index (χ3n) is 1.62. The van der Waals surface area contributed by atoms with Crippen molar-refractivity contribution in [3.8, 4) is 0 Å². The third-order valence-corrected chi connectivity index (χ3v) is 4.41. The molecule has 1 N–H and O–H groups in total. The maximum Gasteiger partial charge on any atom is 0.304 e. The molecule has 5 heteroatoms. The van der Waals surface area contributed by atoms with E-state index in [0.29, 0.717) is 0 Å². The molecule has 78 valence electrons. The lowest BCUT2D eigenvalue weighted by atomic mass is 10.3. The standard InChI is InChI=1S/C9H11BrO2S2/c1-6(2-9(11)12)13-4-7-3-8(10)14-5-7/h3,5-6H,2,4H2,1H3,(H,11,12). The summed E-state index contributed by atoms with van der Waals surface area (Å²) in [5.74, 6) is 0.160. The van der Waals surface area contributed by atoms with Crippen LogP contribution in [0, 0.1) is 0 Å². The Morgan fingerprint density at radius 1 is 1.79 bits per heavy atom. The highest BCUT2D eigenvalue weighted by Crippen LogP contribution is 2.26. The number of hydrogen-bond donors (Lipinski definition) is 1. The van der Waals surface area contributed by atoms with Gasteiger partial charge in [-0.15, -0.1) is 11.3 Å². The summed E-state index contributed by atoms with van der Waals surface area (Å²) in [6.07, 6.45) is 0.232. The maximum absolute atomic E-state index is 10.4. The summed E-state index contributed by atoms with van der Waals surface area (Å²) in [7, 11) is 0. The predicted octanol–water partition coefficient (Wildman–Crippen LogP) is 3.61. The molecule has 1 unspecified atom stereocenters. The second kappa shape index (κ2) is 5.78. The molecule has 0 aliphatic carbocycles. The van der Waals surface area contributed by atoms with Crippen LogP contribution in [0.5, 0.6) is 0 Å². The number of halogens is 1. The number of carboxylic acids is 1. The fourth-order valence-corrected chi connectivity index (χ4v) is 3.18. The molecule has 1 heterocycles. The van der Waals surface area contributed by atoms with E-state index in [0.717, 1.165) is 9.54 Å². The van der Waals surface area contributed by atoms with Crippen LogP contribution in [0.3, 0.4) is 0 Å². The van der Waals surface area contributed by atoms with Gasteiger partial charge in [-0.1, -0.05) is 6.92 Å². The van der Waals surface area contributed by atoms with Gasteiger partial charge in [-0.3, -0.25) is 4.79 Å². The number of thiophene rings is 1. The molecule has 0 radical (unpaired) electrons. The average molecular weight is 295 g/mol. The van der Waals surface area contributed by atoms with Gasteiger partial charge >= 0.3 is 5.97 Å². The average Bonchev–Trinajstić information content (AvgIpc) is 2.47. The Labute approximate surface area is 99.8 Å². The summed E-state index contributed by atoms with van der Waals surface area (Å²) < 4.78 is 1.12. The normalized spacial score (nSPS) is 12.7. The van der Waals surface area contributed by atoms with E-state index in [4.69, 9.17) is 5.11 Å². The second-order valence-electron chi connectivity index (χ2n) is 2.98.